The number of sulfonamides is 1. The van der Waals surface area contributed by atoms with Crippen molar-refractivity contribution in [2.45, 2.75) is 17.6 Å². The van der Waals surface area contributed by atoms with E-state index in [-0.39, 0.29) is 28.3 Å². The first-order valence-electron chi connectivity index (χ1n) is 6.69. The number of hydrogen-bond acceptors (Lipinski definition) is 4. The molecule has 0 bridgehead atoms. The van der Waals surface area contributed by atoms with Crippen LogP contribution in [-0.4, -0.2) is 8.42 Å². The zero-order valence-electron chi connectivity index (χ0n) is 12.4. The Balaban J connectivity index is 2.33. The number of nitrogens with one attached hydrogen (secondary N) is 1. The number of nitrogens with zero attached hydrogens (tertiary/aromatic N) is 1. The molecule has 5 nitrogen and oxygen atoms in total. The predicted molar refractivity (Wildman–Crippen MR) is 81.3 cm³/mol. The van der Waals surface area contributed by atoms with Gasteiger partial charge in [-0.25, -0.2) is 17.9 Å². The van der Waals surface area contributed by atoms with Crippen molar-refractivity contribution in [1.29, 1.82) is 5.26 Å². The number of nitriles is 1. The maximum absolute atomic E-state index is 13.1. The van der Waals surface area contributed by atoms with Gasteiger partial charge in [-0.15, -0.1) is 0 Å². The van der Waals surface area contributed by atoms with E-state index in [1.54, 1.807) is 6.07 Å². The molecule has 10 heteroatoms. The number of rotatable bonds is 4. The number of primary sulfonamides is 1. The molecule has 0 amide bonds. The average molecular weight is 373 g/mol. The van der Waals surface area contributed by atoms with Crippen molar-refractivity contribution in [2.75, 3.05) is 5.32 Å². The molecule has 0 fully saturated rings. The molecule has 0 atom stereocenters. The van der Waals surface area contributed by atoms with E-state index in [0.717, 1.165) is 24.3 Å². The lowest BCUT2D eigenvalue weighted by Crippen LogP contribution is -2.14. The van der Waals surface area contributed by atoms with Crippen LogP contribution in [0.3, 0.4) is 0 Å². The van der Waals surface area contributed by atoms with E-state index in [4.69, 9.17) is 10.4 Å². The van der Waals surface area contributed by atoms with Gasteiger partial charge in [0.25, 0.3) is 0 Å². The molecule has 132 valence electrons. The van der Waals surface area contributed by atoms with E-state index in [0.29, 0.717) is 6.07 Å². The number of nitrogens with two attached hydrogens (primary N) is 1. The molecule has 2 rings (SSSR count). The molecule has 2 aromatic carbocycles. The molecule has 0 spiro atoms. The van der Waals surface area contributed by atoms with Gasteiger partial charge in [0.15, 0.2) is 0 Å². The first-order valence-corrected chi connectivity index (χ1v) is 8.23. The molecule has 0 unspecified atom stereocenters. The summed E-state index contributed by atoms with van der Waals surface area (Å²) in [7, 11) is -4.02. The summed E-state index contributed by atoms with van der Waals surface area (Å²) in [5, 5.41) is 16.6. The van der Waals surface area contributed by atoms with Gasteiger partial charge in [0.2, 0.25) is 10.0 Å². The third-order valence-electron chi connectivity index (χ3n) is 3.29. The quantitative estimate of drug-likeness (QED) is 0.806. The predicted octanol–water partition coefficient (Wildman–Crippen LogP) is 2.98. The molecule has 3 N–H and O–H groups in total. The highest BCUT2D eigenvalue weighted by Crippen LogP contribution is 2.33. The van der Waals surface area contributed by atoms with Gasteiger partial charge in [-0.1, -0.05) is 6.07 Å². The Kier molecular flexibility index (Phi) is 5.01. The second-order valence-corrected chi connectivity index (χ2v) is 6.58. The van der Waals surface area contributed by atoms with Gasteiger partial charge in [-0.05, 0) is 35.9 Å². The third kappa shape index (κ3) is 4.46. The molecule has 0 heterocycles. The zero-order chi connectivity index (χ0) is 18.8. The van der Waals surface area contributed by atoms with Gasteiger partial charge in [0.1, 0.15) is 11.9 Å². The monoisotopic (exact) mass is 373 g/mol. The summed E-state index contributed by atoms with van der Waals surface area (Å²) in [6.07, 6.45) is -4.74. The van der Waals surface area contributed by atoms with Gasteiger partial charge >= 0.3 is 6.18 Å². The summed E-state index contributed by atoms with van der Waals surface area (Å²) in [6.45, 7) is -0.349. The fraction of sp³-hybridized carbons (Fsp3) is 0.133. The van der Waals surface area contributed by atoms with Crippen molar-refractivity contribution in [1.82, 2.24) is 0 Å². The highest BCUT2D eigenvalue weighted by atomic mass is 32.2. The number of alkyl halides is 3. The van der Waals surface area contributed by atoms with Gasteiger partial charge in [-0.2, -0.15) is 18.4 Å². The molecule has 0 saturated heterocycles. The van der Waals surface area contributed by atoms with Crippen molar-refractivity contribution in [3.8, 4) is 6.07 Å². The van der Waals surface area contributed by atoms with E-state index < -0.39 is 27.6 Å². The van der Waals surface area contributed by atoms with Gasteiger partial charge in [0.05, 0.1) is 21.7 Å². The van der Waals surface area contributed by atoms with Crippen LogP contribution in [0.15, 0.2) is 41.3 Å². The van der Waals surface area contributed by atoms with E-state index in [9.17, 15) is 26.0 Å². The first-order chi connectivity index (χ1) is 11.5. The first kappa shape index (κ1) is 18.7. The number of anilines is 1. The summed E-state index contributed by atoms with van der Waals surface area (Å²) in [5.74, 6) is -1.02. The normalized spacial score (nSPS) is 11.8. The van der Waals surface area contributed by atoms with E-state index >= 15 is 0 Å². The summed E-state index contributed by atoms with van der Waals surface area (Å²) >= 11 is 0. The zero-order valence-corrected chi connectivity index (χ0v) is 13.2. The van der Waals surface area contributed by atoms with Crippen LogP contribution in [0.1, 0.15) is 16.7 Å². The Bertz CT molecular complexity index is 950. The van der Waals surface area contributed by atoms with Crippen molar-refractivity contribution in [3.05, 3.63) is 58.9 Å². The minimum Gasteiger partial charge on any atom is -0.380 e. The van der Waals surface area contributed by atoms with Gasteiger partial charge < -0.3 is 5.32 Å². The molecule has 0 saturated carbocycles. The smallest absolute Gasteiger partial charge is 0.380 e. The van der Waals surface area contributed by atoms with Crippen molar-refractivity contribution in [2.24, 2.45) is 5.14 Å². The topological polar surface area (TPSA) is 96.0 Å². The Morgan fingerprint density at radius 2 is 1.84 bits per heavy atom. The number of hydrogen-bond donors (Lipinski definition) is 2. The lowest BCUT2D eigenvalue weighted by Gasteiger charge is -2.15. The van der Waals surface area contributed by atoms with Crippen LogP contribution in [0.4, 0.5) is 23.2 Å². The molecule has 0 aliphatic rings. The van der Waals surface area contributed by atoms with Crippen molar-refractivity contribution >= 4 is 15.7 Å². The molecule has 0 aliphatic heterocycles. The van der Waals surface area contributed by atoms with Crippen molar-refractivity contribution in [3.63, 3.8) is 0 Å². The molecule has 2 aromatic rings. The third-order valence-corrected chi connectivity index (χ3v) is 4.20. The van der Waals surface area contributed by atoms with E-state index in [1.807, 2.05) is 0 Å². The molecule has 25 heavy (non-hydrogen) atoms. The molecule has 0 aliphatic carbocycles. The second-order valence-electron chi connectivity index (χ2n) is 5.02. The maximum atomic E-state index is 13.1. The van der Waals surface area contributed by atoms with Crippen LogP contribution in [0, 0.1) is 17.1 Å². The Morgan fingerprint density at radius 1 is 1.16 bits per heavy atom. The lowest BCUT2D eigenvalue weighted by molar-refractivity contribution is -0.138. The minimum atomic E-state index is -4.74. The highest BCUT2D eigenvalue weighted by molar-refractivity contribution is 7.89. The standard InChI is InChI=1S/C15H11F4N3O2S/c16-11-2-1-9(13(6-11)15(17,18)19)8-22-14-4-3-12(25(21,23)24)5-10(14)7-20/h1-6,22H,8H2,(H2,21,23,24). The Morgan fingerprint density at radius 3 is 2.40 bits per heavy atom. The number of halogens is 4. The maximum Gasteiger partial charge on any atom is 0.416 e. The molecule has 0 radical (unpaired) electrons. The highest BCUT2D eigenvalue weighted by Gasteiger charge is 2.33. The number of benzene rings is 2. The minimum absolute atomic E-state index is 0.109. The van der Waals surface area contributed by atoms with Crippen LogP contribution in [-0.2, 0) is 22.7 Å². The Labute approximate surface area is 140 Å². The van der Waals surface area contributed by atoms with Crippen LogP contribution in [0.5, 0.6) is 0 Å². The largest absolute Gasteiger partial charge is 0.416 e. The second kappa shape index (κ2) is 6.70. The fourth-order valence-corrected chi connectivity index (χ4v) is 2.64. The summed E-state index contributed by atoms with van der Waals surface area (Å²) in [4.78, 5) is -0.299. The molecular weight excluding hydrogens is 362 g/mol. The summed E-state index contributed by atoms with van der Waals surface area (Å²) in [5.41, 5.74) is -1.36. The van der Waals surface area contributed by atoms with Crippen LogP contribution in [0.25, 0.3) is 0 Å². The fourth-order valence-electron chi connectivity index (χ4n) is 2.10. The summed E-state index contributed by atoms with van der Waals surface area (Å²) in [6, 6.07) is 7.33. The van der Waals surface area contributed by atoms with Crippen molar-refractivity contribution < 1.29 is 26.0 Å². The van der Waals surface area contributed by atoms with Crippen LogP contribution >= 0.6 is 0 Å². The average Bonchev–Trinajstić information content (AvgIpc) is 2.51. The van der Waals surface area contributed by atoms with Gasteiger partial charge in [-0.3, -0.25) is 0 Å². The van der Waals surface area contributed by atoms with Crippen LogP contribution < -0.4 is 10.5 Å². The Hall–Kier alpha value is -2.64. The SMILES string of the molecule is N#Cc1cc(S(N)(=O)=O)ccc1NCc1ccc(F)cc1C(F)(F)F. The van der Waals surface area contributed by atoms with E-state index in [2.05, 4.69) is 5.32 Å². The molecule has 0 aromatic heterocycles. The van der Waals surface area contributed by atoms with E-state index in [1.165, 1.54) is 6.07 Å². The van der Waals surface area contributed by atoms with Gasteiger partial charge in [0, 0.05) is 6.54 Å². The summed E-state index contributed by atoms with van der Waals surface area (Å²) < 4.78 is 74.5. The van der Waals surface area contributed by atoms with Crippen LogP contribution in [0.2, 0.25) is 0 Å². The molecular formula is C15H11F4N3O2S. The lowest BCUT2D eigenvalue weighted by atomic mass is 10.1.